The molecule has 5 rings (SSSR count). The quantitative estimate of drug-likeness (QED) is 0.601. The first kappa shape index (κ1) is 22.4. The molecule has 0 aliphatic carbocycles. The number of H-pyrrole nitrogens is 1. The maximum atomic E-state index is 15.2. The fourth-order valence-electron chi connectivity index (χ4n) is 5.18. The maximum absolute atomic E-state index is 15.2. The van der Waals surface area contributed by atoms with Crippen LogP contribution in [0.2, 0.25) is 0 Å². The van der Waals surface area contributed by atoms with Crippen LogP contribution in [0.25, 0.3) is 22.2 Å². The topological polar surface area (TPSA) is 86.3 Å². The Balaban J connectivity index is 1.39. The molecule has 0 saturated carbocycles. The highest BCUT2D eigenvalue weighted by Gasteiger charge is 2.41. The second kappa shape index (κ2) is 8.11. The fraction of sp³-hybridized carbons (Fsp3) is 0.435. The van der Waals surface area contributed by atoms with Crippen molar-refractivity contribution in [2.75, 3.05) is 24.6 Å². The van der Waals surface area contributed by atoms with Crippen molar-refractivity contribution in [1.29, 1.82) is 0 Å². The van der Waals surface area contributed by atoms with Gasteiger partial charge in [0.25, 0.3) is 0 Å². The number of aromatic amines is 1. The summed E-state index contributed by atoms with van der Waals surface area (Å²) in [6.45, 7) is 0.836. The number of nitrogens with zero attached hydrogens (tertiary/aromatic N) is 2. The largest absolute Gasteiger partial charge is 0.385 e. The molecule has 3 aromatic rings. The van der Waals surface area contributed by atoms with Crippen LogP contribution in [0, 0.1) is 17.5 Å². The number of halogens is 3. The van der Waals surface area contributed by atoms with Crippen LogP contribution in [0.15, 0.2) is 30.6 Å². The SMILES string of the molecule is O=S1(=O)CCC(N2CCC(O)(c3c(F)cc(-c4ccnc5[nH]cc(F)c45)cc3F)CC2)CC1. The minimum absolute atomic E-state index is 0.0977. The molecule has 0 radical (unpaired) electrons. The van der Waals surface area contributed by atoms with Crippen LogP contribution in [0.4, 0.5) is 13.2 Å². The summed E-state index contributed by atoms with van der Waals surface area (Å²) in [5.41, 5.74) is -1.31. The molecule has 2 aliphatic rings. The Morgan fingerprint density at radius 3 is 2.33 bits per heavy atom. The Kier molecular flexibility index (Phi) is 5.49. The van der Waals surface area contributed by atoms with E-state index in [-0.39, 0.29) is 52.5 Å². The summed E-state index contributed by atoms with van der Waals surface area (Å²) in [7, 11) is -2.98. The van der Waals surface area contributed by atoms with Crippen molar-refractivity contribution in [2.45, 2.75) is 37.3 Å². The van der Waals surface area contributed by atoms with E-state index in [9.17, 15) is 17.9 Å². The number of piperidine rings is 1. The van der Waals surface area contributed by atoms with Crippen LogP contribution in [-0.4, -0.2) is 59.0 Å². The fourth-order valence-corrected chi connectivity index (χ4v) is 6.65. The monoisotopic (exact) mass is 479 g/mol. The summed E-state index contributed by atoms with van der Waals surface area (Å²) in [6, 6.07) is 3.83. The molecular weight excluding hydrogens is 455 g/mol. The van der Waals surface area contributed by atoms with Gasteiger partial charge >= 0.3 is 0 Å². The molecule has 0 amide bonds. The van der Waals surface area contributed by atoms with Crippen molar-refractivity contribution < 1.29 is 26.7 Å². The third kappa shape index (κ3) is 4.04. The van der Waals surface area contributed by atoms with E-state index < -0.39 is 32.9 Å². The maximum Gasteiger partial charge on any atom is 0.150 e. The number of aliphatic hydroxyl groups is 1. The van der Waals surface area contributed by atoms with Crippen LogP contribution < -0.4 is 0 Å². The highest BCUT2D eigenvalue weighted by Crippen LogP contribution is 2.40. The Labute approximate surface area is 189 Å². The molecule has 6 nitrogen and oxygen atoms in total. The van der Waals surface area contributed by atoms with Gasteiger partial charge in [-0.25, -0.2) is 26.6 Å². The molecule has 33 heavy (non-hydrogen) atoms. The molecule has 2 fully saturated rings. The van der Waals surface area contributed by atoms with E-state index in [0.29, 0.717) is 31.5 Å². The van der Waals surface area contributed by atoms with E-state index in [0.717, 1.165) is 18.3 Å². The highest BCUT2D eigenvalue weighted by atomic mass is 32.2. The van der Waals surface area contributed by atoms with Gasteiger partial charge in [0.05, 0.1) is 28.1 Å². The third-order valence-electron chi connectivity index (χ3n) is 7.01. The highest BCUT2D eigenvalue weighted by molar-refractivity contribution is 7.91. The van der Waals surface area contributed by atoms with Gasteiger partial charge < -0.3 is 15.0 Å². The van der Waals surface area contributed by atoms with E-state index in [1.54, 1.807) is 0 Å². The second-order valence-electron chi connectivity index (χ2n) is 8.98. The summed E-state index contributed by atoms with van der Waals surface area (Å²) >= 11 is 0. The molecule has 0 spiro atoms. The Morgan fingerprint density at radius 1 is 1.06 bits per heavy atom. The lowest BCUT2D eigenvalue weighted by Crippen LogP contribution is -2.49. The minimum Gasteiger partial charge on any atom is -0.385 e. The van der Waals surface area contributed by atoms with Crippen LogP contribution in [0.1, 0.15) is 31.2 Å². The number of rotatable bonds is 3. The molecule has 176 valence electrons. The molecule has 0 atom stereocenters. The van der Waals surface area contributed by atoms with Gasteiger partial charge in [0.2, 0.25) is 0 Å². The number of pyridine rings is 1. The van der Waals surface area contributed by atoms with Gasteiger partial charge in [0.15, 0.2) is 5.82 Å². The third-order valence-corrected chi connectivity index (χ3v) is 8.73. The van der Waals surface area contributed by atoms with Gasteiger partial charge in [-0.05, 0) is 55.0 Å². The summed E-state index contributed by atoms with van der Waals surface area (Å²) < 4.78 is 68.0. The standard InChI is InChI=1S/C23H24F3N3O3S/c24-17-11-14(16-1-6-27-22-20(16)19(26)13-28-22)12-18(25)21(17)23(30)4-7-29(8-5-23)15-2-9-33(31,32)10-3-15/h1,6,11-13,15,30H,2-5,7-10H2,(H,27,28). The molecule has 2 aliphatic heterocycles. The number of benzene rings is 1. The first-order valence-electron chi connectivity index (χ1n) is 11.0. The van der Waals surface area contributed by atoms with E-state index >= 15 is 8.78 Å². The lowest BCUT2D eigenvalue weighted by molar-refractivity contribution is -0.0413. The van der Waals surface area contributed by atoms with Gasteiger partial charge in [-0.1, -0.05) is 0 Å². The average Bonchev–Trinajstić information content (AvgIpc) is 3.15. The Hall–Kier alpha value is -2.43. The van der Waals surface area contributed by atoms with Gasteiger partial charge in [-0.2, -0.15) is 0 Å². The van der Waals surface area contributed by atoms with Crippen molar-refractivity contribution >= 4 is 20.9 Å². The van der Waals surface area contributed by atoms with Crippen molar-refractivity contribution in [3.63, 3.8) is 0 Å². The van der Waals surface area contributed by atoms with E-state index in [2.05, 4.69) is 14.9 Å². The smallest absolute Gasteiger partial charge is 0.150 e. The van der Waals surface area contributed by atoms with E-state index in [1.165, 1.54) is 12.3 Å². The lowest BCUT2D eigenvalue weighted by Gasteiger charge is -2.43. The molecule has 2 aromatic heterocycles. The number of nitrogens with one attached hydrogen (secondary N) is 1. The number of hydrogen-bond acceptors (Lipinski definition) is 5. The van der Waals surface area contributed by atoms with Crippen molar-refractivity contribution in [3.8, 4) is 11.1 Å². The zero-order valence-electron chi connectivity index (χ0n) is 17.8. The Morgan fingerprint density at radius 2 is 1.70 bits per heavy atom. The summed E-state index contributed by atoms with van der Waals surface area (Å²) in [5.74, 6) is -2.05. The predicted molar refractivity (Wildman–Crippen MR) is 118 cm³/mol. The van der Waals surface area contributed by atoms with Crippen LogP contribution >= 0.6 is 0 Å². The predicted octanol–water partition coefficient (Wildman–Crippen LogP) is 3.51. The van der Waals surface area contributed by atoms with Gasteiger partial charge in [-0.3, -0.25) is 0 Å². The normalized spacial score (nSPS) is 21.5. The number of aromatic nitrogens is 2. The lowest BCUT2D eigenvalue weighted by atomic mass is 9.82. The first-order valence-corrected chi connectivity index (χ1v) is 12.8. The average molecular weight is 480 g/mol. The summed E-state index contributed by atoms with van der Waals surface area (Å²) in [4.78, 5) is 8.81. The van der Waals surface area contributed by atoms with Crippen LogP contribution in [-0.2, 0) is 15.4 Å². The molecule has 2 N–H and O–H groups in total. The molecule has 0 bridgehead atoms. The molecule has 4 heterocycles. The molecule has 0 unspecified atom stereocenters. The van der Waals surface area contributed by atoms with E-state index in [4.69, 9.17) is 0 Å². The number of hydrogen-bond donors (Lipinski definition) is 2. The zero-order chi connectivity index (χ0) is 23.4. The number of sulfone groups is 1. The Bertz CT molecular complexity index is 1280. The van der Waals surface area contributed by atoms with E-state index in [1.807, 2.05) is 0 Å². The van der Waals surface area contributed by atoms with Crippen LogP contribution in [0.3, 0.4) is 0 Å². The van der Waals surface area contributed by atoms with Crippen molar-refractivity contribution in [2.24, 2.45) is 0 Å². The minimum atomic E-state index is -2.98. The summed E-state index contributed by atoms with van der Waals surface area (Å²) in [5, 5.41) is 11.3. The van der Waals surface area contributed by atoms with Gasteiger partial charge in [0.1, 0.15) is 27.1 Å². The van der Waals surface area contributed by atoms with Gasteiger partial charge in [0, 0.05) is 31.5 Å². The van der Waals surface area contributed by atoms with Gasteiger partial charge in [-0.15, -0.1) is 0 Å². The molecule has 2 saturated heterocycles. The first-order chi connectivity index (χ1) is 15.7. The number of likely N-dealkylation sites (tertiary alicyclic amines) is 1. The summed E-state index contributed by atoms with van der Waals surface area (Å²) in [6.07, 6.45) is 3.91. The molecule has 10 heteroatoms. The molecule has 1 aromatic carbocycles. The van der Waals surface area contributed by atoms with Crippen LogP contribution in [0.5, 0.6) is 0 Å². The molecular formula is C23H24F3N3O3S. The number of fused-ring (bicyclic) bond motifs is 1. The van der Waals surface area contributed by atoms with Crippen molar-refractivity contribution in [1.82, 2.24) is 14.9 Å². The van der Waals surface area contributed by atoms with Crippen molar-refractivity contribution in [3.05, 3.63) is 53.6 Å². The zero-order valence-corrected chi connectivity index (χ0v) is 18.6. The second-order valence-corrected chi connectivity index (χ2v) is 11.3.